The molecular formula is C26H21BrN2O6S. The van der Waals surface area contributed by atoms with Crippen LogP contribution in [0.3, 0.4) is 0 Å². The fourth-order valence-electron chi connectivity index (χ4n) is 3.52. The van der Waals surface area contributed by atoms with Crippen LogP contribution >= 0.6 is 27.7 Å². The van der Waals surface area contributed by atoms with Crippen molar-refractivity contribution < 1.29 is 24.0 Å². The van der Waals surface area contributed by atoms with Crippen LogP contribution in [-0.2, 0) is 17.9 Å². The average Bonchev–Trinajstić information content (AvgIpc) is 3.12. The van der Waals surface area contributed by atoms with E-state index in [0.29, 0.717) is 30.3 Å². The van der Waals surface area contributed by atoms with Gasteiger partial charge < -0.3 is 9.47 Å². The number of nitro benzene ring substituents is 1. The first-order chi connectivity index (χ1) is 17.4. The van der Waals surface area contributed by atoms with Crippen molar-refractivity contribution in [3.63, 3.8) is 0 Å². The molecule has 0 spiro atoms. The Morgan fingerprint density at radius 3 is 2.50 bits per heavy atom. The van der Waals surface area contributed by atoms with E-state index < -0.39 is 16.1 Å². The minimum atomic E-state index is -0.528. The maximum Gasteiger partial charge on any atom is 0.293 e. The van der Waals surface area contributed by atoms with Gasteiger partial charge in [-0.25, -0.2) is 0 Å². The lowest BCUT2D eigenvalue weighted by Crippen LogP contribution is -2.27. The Morgan fingerprint density at radius 2 is 1.78 bits per heavy atom. The number of nitrogens with zero attached hydrogens (tertiary/aromatic N) is 2. The second-order valence-electron chi connectivity index (χ2n) is 7.71. The van der Waals surface area contributed by atoms with Crippen LogP contribution < -0.4 is 9.47 Å². The summed E-state index contributed by atoms with van der Waals surface area (Å²) in [5.74, 6) is 0.570. The summed E-state index contributed by atoms with van der Waals surface area (Å²) >= 11 is 4.21. The highest BCUT2D eigenvalue weighted by molar-refractivity contribution is 9.10. The molecule has 0 unspecified atom stereocenters. The molecule has 3 aromatic carbocycles. The van der Waals surface area contributed by atoms with Crippen LogP contribution in [0.4, 0.5) is 10.5 Å². The van der Waals surface area contributed by atoms with Crippen molar-refractivity contribution in [2.45, 2.75) is 20.1 Å². The van der Waals surface area contributed by atoms with E-state index in [2.05, 4.69) is 15.9 Å². The highest BCUT2D eigenvalue weighted by atomic mass is 79.9. The van der Waals surface area contributed by atoms with Crippen molar-refractivity contribution >= 4 is 50.6 Å². The molecule has 1 aliphatic heterocycles. The van der Waals surface area contributed by atoms with Gasteiger partial charge in [0, 0.05) is 16.1 Å². The predicted molar refractivity (Wildman–Crippen MR) is 141 cm³/mol. The van der Waals surface area contributed by atoms with Gasteiger partial charge in [0.1, 0.15) is 6.61 Å². The number of halogens is 1. The van der Waals surface area contributed by atoms with Crippen LogP contribution in [0.15, 0.2) is 76.1 Å². The Labute approximate surface area is 220 Å². The second-order valence-corrected chi connectivity index (χ2v) is 9.62. The first-order valence-corrected chi connectivity index (χ1v) is 12.6. The van der Waals surface area contributed by atoms with Crippen LogP contribution in [0.25, 0.3) is 6.08 Å². The van der Waals surface area contributed by atoms with Gasteiger partial charge in [-0.2, -0.15) is 0 Å². The highest BCUT2D eigenvalue weighted by Crippen LogP contribution is 2.36. The summed E-state index contributed by atoms with van der Waals surface area (Å²) in [5.41, 5.74) is 1.81. The van der Waals surface area contributed by atoms with Gasteiger partial charge in [0.05, 0.1) is 23.0 Å². The second kappa shape index (κ2) is 11.4. The van der Waals surface area contributed by atoms with Crippen molar-refractivity contribution in [2.75, 3.05) is 6.61 Å². The average molecular weight is 569 g/mol. The quantitative estimate of drug-likeness (QED) is 0.163. The van der Waals surface area contributed by atoms with Crippen LogP contribution in [0, 0.1) is 10.1 Å². The summed E-state index contributed by atoms with van der Waals surface area (Å²) in [7, 11) is 0. The van der Waals surface area contributed by atoms with E-state index in [0.717, 1.165) is 26.7 Å². The molecule has 36 heavy (non-hydrogen) atoms. The summed E-state index contributed by atoms with van der Waals surface area (Å²) < 4.78 is 12.7. The molecule has 0 radical (unpaired) electrons. The van der Waals surface area contributed by atoms with Gasteiger partial charge in [-0.15, -0.1) is 0 Å². The zero-order valence-electron chi connectivity index (χ0n) is 19.2. The van der Waals surface area contributed by atoms with Gasteiger partial charge in [0.2, 0.25) is 0 Å². The standard InChI is InChI=1S/C26H21BrN2O6S/c1-2-34-23-13-18(9-12-22(23)35-16-17-7-10-20(27)11-8-17)14-24-25(30)28(26(31)36-24)15-19-5-3-4-6-21(19)29(32)33/h3-14H,2,15-16H2,1H3/b24-14-. The lowest BCUT2D eigenvalue weighted by Gasteiger charge is -2.13. The van der Waals surface area contributed by atoms with E-state index in [4.69, 9.17) is 9.47 Å². The molecule has 1 fully saturated rings. The van der Waals surface area contributed by atoms with Gasteiger partial charge in [-0.3, -0.25) is 24.6 Å². The number of hydrogen-bond donors (Lipinski definition) is 0. The molecule has 0 bridgehead atoms. The van der Waals surface area contributed by atoms with Crippen LogP contribution in [0.5, 0.6) is 11.5 Å². The highest BCUT2D eigenvalue weighted by Gasteiger charge is 2.36. The van der Waals surface area contributed by atoms with Crippen molar-refractivity contribution in [1.82, 2.24) is 4.90 Å². The molecule has 4 rings (SSSR count). The molecule has 0 aliphatic carbocycles. The third-order valence-corrected chi connectivity index (χ3v) is 6.70. The lowest BCUT2D eigenvalue weighted by molar-refractivity contribution is -0.385. The van der Waals surface area contributed by atoms with E-state index in [-0.39, 0.29) is 22.7 Å². The molecule has 10 heteroatoms. The normalized spacial score (nSPS) is 14.4. The molecule has 184 valence electrons. The third kappa shape index (κ3) is 5.95. The number of imide groups is 1. The van der Waals surface area contributed by atoms with Crippen LogP contribution in [0.1, 0.15) is 23.6 Å². The van der Waals surface area contributed by atoms with Crippen molar-refractivity contribution in [1.29, 1.82) is 0 Å². The third-order valence-electron chi connectivity index (χ3n) is 5.26. The summed E-state index contributed by atoms with van der Waals surface area (Å²) in [6, 6.07) is 19.1. The molecule has 0 N–H and O–H groups in total. The summed E-state index contributed by atoms with van der Waals surface area (Å²) in [6.45, 7) is 2.47. The summed E-state index contributed by atoms with van der Waals surface area (Å²) in [4.78, 5) is 37.5. The maximum atomic E-state index is 13.0. The monoisotopic (exact) mass is 568 g/mol. The van der Waals surface area contributed by atoms with Crippen molar-refractivity contribution in [3.8, 4) is 11.5 Å². The SMILES string of the molecule is CCOc1cc(/C=C2\SC(=O)N(Cc3ccccc3[N+](=O)[O-])C2=O)ccc1OCc1ccc(Br)cc1. The first-order valence-electron chi connectivity index (χ1n) is 11.0. The Balaban J connectivity index is 1.52. The van der Waals surface area contributed by atoms with Crippen molar-refractivity contribution in [3.05, 3.63) is 103 Å². The molecule has 8 nitrogen and oxygen atoms in total. The number of carbonyl (C=O) groups excluding carboxylic acids is 2. The number of thioether (sulfide) groups is 1. The Kier molecular flexibility index (Phi) is 8.07. The van der Waals surface area contributed by atoms with E-state index >= 15 is 0 Å². The summed E-state index contributed by atoms with van der Waals surface area (Å²) in [5, 5.41) is 10.8. The smallest absolute Gasteiger partial charge is 0.293 e. The van der Waals surface area contributed by atoms with Crippen LogP contribution in [0.2, 0.25) is 0 Å². The number of carbonyl (C=O) groups is 2. The molecule has 3 aromatic rings. The fourth-order valence-corrected chi connectivity index (χ4v) is 4.63. The number of rotatable bonds is 9. The number of nitro groups is 1. The Morgan fingerprint density at radius 1 is 1.03 bits per heavy atom. The molecule has 1 aliphatic rings. The Hall–Kier alpha value is -3.63. The molecule has 0 aromatic heterocycles. The van der Waals surface area contributed by atoms with E-state index in [1.165, 1.54) is 18.2 Å². The largest absolute Gasteiger partial charge is 0.490 e. The van der Waals surface area contributed by atoms with Crippen LogP contribution in [-0.4, -0.2) is 27.6 Å². The molecule has 0 saturated carbocycles. The van der Waals surface area contributed by atoms with Gasteiger partial charge in [-0.05, 0) is 60.2 Å². The minimum Gasteiger partial charge on any atom is -0.490 e. The number of hydrogen-bond acceptors (Lipinski definition) is 7. The molecule has 1 saturated heterocycles. The lowest BCUT2D eigenvalue weighted by atomic mass is 10.1. The zero-order valence-corrected chi connectivity index (χ0v) is 21.6. The maximum absolute atomic E-state index is 13.0. The molecule has 1 heterocycles. The predicted octanol–water partition coefficient (Wildman–Crippen LogP) is 6.57. The van der Waals surface area contributed by atoms with E-state index in [1.807, 2.05) is 31.2 Å². The van der Waals surface area contributed by atoms with Crippen molar-refractivity contribution in [2.24, 2.45) is 0 Å². The van der Waals surface area contributed by atoms with Gasteiger partial charge in [0.25, 0.3) is 16.8 Å². The number of amides is 2. The number of para-hydroxylation sites is 1. The van der Waals surface area contributed by atoms with E-state index in [1.54, 1.807) is 30.3 Å². The van der Waals surface area contributed by atoms with Gasteiger partial charge in [-0.1, -0.05) is 52.3 Å². The zero-order chi connectivity index (χ0) is 25.7. The topological polar surface area (TPSA) is 99.0 Å². The molecular weight excluding hydrogens is 548 g/mol. The first kappa shape index (κ1) is 25.5. The molecule has 2 amide bonds. The van der Waals surface area contributed by atoms with E-state index in [9.17, 15) is 19.7 Å². The van der Waals surface area contributed by atoms with Gasteiger partial charge in [0.15, 0.2) is 11.5 Å². The summed E-state index contributed by atoms with van der Waals surface area (Å²) in [6.07, 6.45) is 1.60. The fraction of sp³-hybridized carbons (Fsp3) is 0.154. The molecule has 0 atom stereocenters. The minimum absolute atomic E-state index is 0.138. The number of ether oxygens (including phenoxy) is 2. The van der Waals surface area contributed by atoms with Gasteiger partial charge >= 0.3 is 0 Å². The number of benzene rings is 3. The Bertz CT molecular complexity index is 1340.